The van der Waals surface area contributed by atoms with Gasteiger partial charge in [-0.05, 0) is 37.1 Å². The van der Waals surface area contributed by atoms with Gasteiger partial charge in [-0.15, -0.1) is 0 Å². The van der Waals surface area contributed by atoms with Crippen molar-refractivity contribution in [1.82, 2.24) is 4.98 Å². The number of nitrogens with one attached hydrogen (secondary N) is 2. The molecule has 0 aliphatic heterocycles. The van der Waals surface area contributed by atoms with Crippen LogP contribution in [0.15, 0.2) is 41.3 Å². The number of pyridine rings is 1. The van der Waals surface area contributed by atoms with Gasteiger partial charge < -0.3 is 10.3 Å². The molecule has 1 aromatic carbocycles. The van der Waals surface area contributed by atoms with E-state index < -0.39 is 0 Å². The molecule has 0 atom stereocenters. The summed E-state index contributed by atoms with van der Waals surface area (Å²) >= 11 is 0. The van der Waals surface area contributed by atoms with Gasteiger partial charge in [-0.2, -0.15) is 0 Å². The highest BCUT2D eigenvalue weighted by molar-refractivity contribution is 6.04. The topological polar surface area (TPSA) is 62.0 Å². The monoisotopic (exact) mass is 242 g/mol. The van der Waals surface area contributed by atoms with E-state index in [-0.39, 0.29) is 11.5 Å². The predicted octanol–water partition coefficient (Wildman–Crippen LogP) is 2.24. The van der Waals surface area contributed by atoms with E-state index in [0.29, 0.717) is 5.56 Å². The quantitative estimate of drug-likeness (QED) is 0.848. The third-order valence-corrected chi connectivity index (χ3v) is 2.68. The second-order valence-electron chi connectivity index (χ2n) is 4.21. The number of aromatic nitrogens is 1. The fourth-order valence-electron chi connectivity index (χ4n) is 1.65. The number of aryl methyl sites for hydroxylation is 2. The number of rotatable bonds is 2. The molecule has 2 N–H and O–H groups in total. The minimum absolute atomic E-state index is 0.283. The molecule has 0 spiro atoms. The number of anilines is 1. The Morgan fingerprint density at radius 1 is 1.17 bits per heavy atom. The van der Waals surface area contributed by atoms with Gasteiger partial charge in [0.05, 0.1) is 0 Å². The lowest BCUT2D eigenvalue weighted by Crippen LogP contribution is -2.16. The molecule has 1 amide bonds. The van der Waals surface area contributed by atoms with Crippen LogP contribution in [-0.4, -0.2) is 10.9 Å². The second kappa shape index (κ2) is 4.87. The lowest BCUT2D eigenvalue weighted by atomic mass is 10.1. The average molecular weight is 242 g/mol. The summed E-state index contributed by atoms with van der Waals surface area (Å²) in [6, 6.07) is 8.68. The molecule has 4 nitrogen and oxygen atoms in total. The minimum Gasteiger partial charge on any atom is -0.329 e. The van der Waals surface area contributed by atoms with Crippen LogP contribution in [-0.2, 0) is 0 Å². The highest BCUT2D eigenvalue weighted by Gasteiger charge is 2.08. The number of carbonyl (C=O) groups excluding carboxylic acids is 1. The van der Waals surface area contributed by atoms with Crippen molar-refractivity contribution in [1.29, 1.82) is 0 Å². The third-order valence-electron chi connectivity index (χ3n) is 2.68. The maximum Gasteiger partial charge on any atom is 0.255 e. The van der Waals surface area contributed by atoms with Crippen molar-refractivity contribution in [2.24, 2.45) is 0 Å². The van der Waals surface area contributed by atoms with Gasteiger partial charge in [-0.3, -0.25) is 9.59 Å². The summed E-state index contributed by atoms with van der Waals surface area (Å²) in [4.78, 5) is 25.6. The van der Waals surface area contributed by atoms with Gasteiger partial charge in [0.2, 0.25) is 5.56 Å². The Balaban J connectivity index is 2.26. The summed E-state index contributed by atoms with van der Waals surface area (Å²) in [6.07, 6.45) is 1.46. The van der Waals surface area contributed by atoms with E-state index in [1.807, 2.05) is 32.0 Å². The second-order valence-corrected chi connectivity index (χ2v) is 4.21. The van der Waals surface area contributed by atoms with E-state index in [0.717, 1.165) is 16.8 Å². The Bertz CT molecular complexity index is 644. The van der Waals surface area contributed by atoms with Crippen LogP contribution in [0.2, 0.25) is 0 Å². The zero-order chi connectivity index (χ0) is 13.1. The Hall–Kier alpha value is -2.36. The van der Waals surface area contributed by atoms with E-state index in [1.54, 1.807) is 6.07 Å². The summed E-state index contributed by atoms with van der Waals surface area (Å²) in [5.41, 5.74) is 2.88. The van der Waals surface area contributed by atoms with E-state index in [4.69, 9.17) is 0 Å². The first-order chi connectivity index (χ1) is 8.56. The smallest absolute Gasteiger partial charge is 0.255 e. The summed E-state index contributed by atoms with van der Waals surface area (Å²) in [7, 11) is 0. The zero-order valence-electron chi connectivity index (χ0n) is 10.3. The molecule has 2 aromatic rings. The van der Waals surface area contributed by atoms with Gasteiger partial charge >= 0.3 is 0 Å². The maximum absolute atomic E-state index is 12.0. The van der Waals surface area contributed by atoms with E-state index in [1.165, 1.54) is 12.3 Å². The number of H-pyrrole nitrogens is 1. The first-order valence-electron chi connectivity index (χ1n) is 5.63. The Kier molecular flexibility index (Phi) is 3.28. The van der Waals surface area contributed by atoms with Crippen molar-refractivity contribution in [3.8, 4) is 0 Å². The van der Waals surface area contributed by atoms with E-state index >= 15 is 0 Å². The van der Waals surface area contributed by atoms with Crippen LogP contribution in [0.3, 0.4) is 0 Å². The molecule has 92 valence electrons. The largest absolute Gasteiger partial charge is 0.329 e. The first kappa shape index (κ1) is 12.1. The normalized spacial score (nSPS) is 10.1. The predicted molar refractivity (Wildman–Crippen MR) is 70.9 cm³/mol. The molecule has 0 aliphatic rings. The Morgan fingerprint density at radius 3 is 2.67 bits per heavy atom. The van der Waals surface area contributed by atoms with Crippen LogP contribution in [0.5, 0.6) is 0 Å². The SMILES string of the molecule is Cc1ccc(C)c(NC(=O)c2cc[nH]c(=O)c2)c1. The van der Waals surface area contributed by atoms with Crippen molar-refractivity contribution in [2.45, 2.75) is 13.8 Å². The number of aromatic amines is 1. The van der Waals surface area contributed by atoms with Gasteiger partial charge in [-0.25, -0.2) is 0 Å². The van der Waals surface area contributed by atoms with Crippen molar-refractivity contribution in [3.63, 3.8) is 0 Å². The summed E-state index contributed by atoms with van der Waals surface area (Å²) < 4.78 is 0. The summed E-state index contributed by atoms with van der Waals surface area (Å²) in [6.45, 7) is 3.88. The molecule has 0 saturated carbocycles. The zero-order valence-corrected chi connectivity index (χ0v) is 10.3. The van der Waals surface area contributed by atoms with Gasteiger partial charge in [0.25, 0.3) is 5.91 Å². The van der Waals surface area contributed by atoms with E-state index in [2.05, 4.69) is 10.3 Å². The summed E-state index contributed by atoms with van der Waals surface area (Å²) in [5, 5.41) is 2.80. The molecule has 0 aliphatic carbocycles. The lowest BCUT2D eigenvalue weighted by molar-refractivity contribution is 0.102. The lowest BCUT2D eigenvalue weighted by Gasteiger charge is -2.09. The molecule has 0 fully saturated rings. The van der Waals surface area contributed by atoms with Crippen molar-refractivity contribution >= 4 is 11.6 Å². The molecule has 0 unspecified atom stereocenters. The van der Waals surface area contributed by atoms with Crippen molar-refractivity contribution in [3.05, 3.63) is 63.6 Å². The van der Waals surface area contributed by atoms with Crippen LogP contribution < -0.4 is 10.9 Å². The molecule has 0 radical (unpaired) electrons. The highest BCUT2D eigenvalue weighted by Crippen LogP contribution is 2.17. The third kappa shape index (κ3) is 2.66. The molecule has 0 saturated heterocycles. The Morgan fingerprint density at radius 2 is 1.94 bits per heavy atom. The molecule has 1 aromatic heterocycles. The standard InChI is InChI=1S/C14H14N2O2/c1-9-3-4-10(2)12(7-9)16-14(18)11-5-6-15-13(17)8-11/h3-8H,1-2H3,(H,15,17)(H,16,18). The molecular formula is C14H14N2O2. The van der Waals surface area contributed by atoms with Gasteiger partial charge in [0, 0.05) is 23.5 Å². The highest BCUT2D eigenvalue weighted by atomic mass is 16.2. The number of hydrogen-bond acceptors (Lipinski definition) is 2. The Labute approximate surface area is 105 Å². The molecule has 4 heteroatoms. The number of amides is 1. The van der Waals surface area contributed by atoms with Gasteiger partial charge in [0.15, 0.2) is 0 Å². The van der Waals surface area contributed by atoms with Crippen LogP contribution in [0.25, 0.3) is 0 Å². The molecule has 2 rings (SSSR count). The molecule has 1 heterocycles. The number of hydrogen-bond donors (Lipinski definition) is 2. The fourth-order valence-corrected chi connectivity index (χ4v) is 1.65. The van der Waals surface area contributed by atoms with Crippen LogP contribution >= 0.6 is 0 Å². The number of benzene rings is 1. The van der Waals surface area contributed by atoms with E-state index in [9.17, 15) is 9.59 Å². The average Bonchev–Trinajstić information content (AvgIpc) is 2.34. The van der Waals surface area contributed by atoms with Crippen LogP contribution in [0, 0.1) is 13.8 Å². The fraction of sp³-hybridized carbons (Fsp3) is 0.143. The van der Waals surface area contributed by atoms with Crippen LogP contribution in [0.1, 0.15) is 21.5 Å². The maximum atomic E-state index is 12.0. The number of carbonyl (C=O) groups is 1. The van der Waals surface area contributed by atoms with Crippen LogP contribution in [0.4, 0.5) is 5.69 Å². The minimum atomic E-state index is -0.288. The van der Waals surface area contributed by atoms with Crippen molar-refractivity contribution in [2.75, 3.05) is 5.32 Å². The molecule has 0 bridgehead atoms. The van der Waals surface area contributed by atoms with Crippen molar-refractivity contribution < 1.29 is 4.79 Å². The summed E-state index contributed by atoms with van der Waals surface area (Å²) in [5.74, 6) is -0.283. The molecule has 18 heavy (non-hydrogen) atoms. The van der Waals surface area contributed by atoms with Gasteiger partial charge in [-0.1, -0.05) is 12.1 Å². The molecular weight excluding hydrogens is 228 g/mol. The first-order valence-corrected chi connectivity index (χ1v) is 5.63. The van der Waals surface area contributed by atoms with Gasteiger partial charge in [0.1, 0.15) is 0 Å².